The van der Waals surface area contributed by atoms with Crippen molar-refractivity contribution in [3.8, 4) is 0 Å². The molecule has 1 unspecified atom stereocenters. The molecule has 1 nitrogen and oxygen atoms in total. The lowest BCUT2D eigenvalue weighted by atomic mass is 9.70. The van der Waals surface area contributed by atoms with Gasteiger partial charge in [-0.05, 0) is 56.2 Å². The van der Waals surface area contributed by atoms with Gasteiger partial charge < -0.3 is 4.90 Å². The maximum Gasteiger partial charge on any atom is 0.0365 e. The van der Waals surface area contributed by atoms with Crippen LogP contribution in [0.25, 0.3) is 0 Å². The summed E-state index contributed by atoms with van der Waals surface area (Å²) in [5.41, 5.74) is 6.29. The Kier molecular flexibility index (Phi) is 2.73. The molecule has 18 heavy (non-hydrogen) atoms. The maximum absolute atomic E-state index is 2.48. The maximum atomic E-state index is 2.48. The molecule has 0 aromatic heterocycles. The molecule has 1 heterocycles. The van der Waals surface area contributed by atoms with E-state index in [0.29, 0.717) is 5.41 Å². The van der Waals surface area contributed by atoms with E-state index >= 15 is 0 Å². The molecule has 1 aliphatic carbocycles. The zero-order valence-electron chi connectivity index (χ0n) is 11.8. The van der Waals surface area contributed by atoms with E-state index in [0.717, 1.165) is 0 Å². The van der Waals surface area contributed by atoms with Gasteiger partial charge in [-0.2, -0.15) is 0 Å². The normalized spacial score (nSPS) is 27.1. The Morgan fingerprint density at radius 1 is 1.11 bits per heavy atom. The van der Waals surface area contributed by atoms with Crippen LogP contribution in [0.3, 0.4) is 0 Å². The van der Waals surface area contributed by atoms with E-state index in [4.69, 9.17) is 0 Å². The van der Waals surface area contributed by atoms with Crippen LogP contribution in [0.4, 0.5) is 0 Å². The van der Waals surface area contributed by atoms with Crippen molar-refractivity contribution in [2.45, 2.75) is 44.9 Å². The van der Waals surface area contributed by atoms with E-state index < -0.39 is 0 Å². The molecule has 2 aliphatic rings. The van der Waals surface area contributed by atoms with Crippen LogP contribution >= 0.6 is 0 Å². The molecule has 1 aromatic rings. The van der Waals surface area contributed by atoms with Crippen molar-refractivity contribution < 1.29 is 0 Å². The van der Waals surface area contributed by atoms with Gasteiger partial charge in [0.15, 0.2) is 0 Å². The zero-order chi connectivity index (χ0) is 12.8. The van der Waals surface area contributed by atoms with E-state index in [9.17, 15) is 0 Å². The van der Waals surface area contributed by atoms with Crippen LogP contribution in [0.5, 0.6) is 0 Å². The van der Waals surface area contributed by atoms with Crippen molar-refractivity contribution in [2.75, 3.05) is 13.6 Å². The molecule has 1 aromatic carbocycles. The highest BCUT2D eigenvalue weighted by Crippen LogP contribution is 2.48. The first-order chi connectivity index (χ1) is 8.63. The minimum Gasteiger partial charge on any atom is -0.377 e. The van der Waals surface area contributed by atoms with Crippen LogP contribution in [-0.2, 0) is 5.41 Å². The Morgan fingerprint density at radius 2 is 1.94 bits per heavy atom. The Labute approximate surface area is 111 Å². The summed E-state index contributed by atoms with van der Waals surface area (Å²) in [6.45, 7) is 5.65. The van der Waals surface area contributed by atoms with Crippen molar-refractivity contribution in [3.05, 3.63) is 46.7 Å². The number of likely N-dealkylation sites (N-methyl/N-ethyl adjacent to an activating group) is 1. The number of likely N-dealkylation sites (tertiary alicyclic amines) is 1. The predicted octanol–water partition coefficient (Wildman–Crippen LogP) is 3.94. The van der Waals surface area contributed by atoms with E-state index in [1.165, 1.54) is 43.4 Å². The van der Waals surface area contributed by atoms with E-state index in [1.54, 1.807) is 11.3 Å². The number of rotatable bonds is 1. The second-order valence-corrected chi connectivity index (χ2v) is 6.03. The van der Waals surface area contributed by atoms with Gasteiger partial charge in [-0.25, -0.2) is 0 Å². The van der Waals surface area contributed by atoms with Gasteiger partial charge >= 0.3 is 0 Å². The van der Waals surface area contributed by atoms with Crippen LogP contribution in [0.1, 0.15) is 42.4 Å². The highest BCUT2D eigenvalue weighted by atomic mass is 15.1. The van der Waals surface area contributed by atoms with Crippen LogP contribution in [0, 0.1) is 13.8 Å². The Morgan fingerprint density at radius 3 is 2.72 bits per heavy atom. The number of aryl methyl sites for hydroxylation is 2. The van der Waals surface area contributed by atoms with E-state index in [1.807, 2.05) is 0 Å². The van der Waals surface area contributed by atoms with Gasteiger partial charge in [0, 0.05) is 24.7 Å². The first kappa shape index (κ1) is 11.8. The largest absolute Gasteiger partial charge is 0.377 e. The lowest BCUT2D eigenvalue weighted by Gasteiger charge is -2.36. The van der Waals surface area contributed by atoms with Crippen LogP contribution in [0.2, 0.25) is 0 Å². The average Bonchev–Trinajstić information content (AvgIpc) is 2.72. The summed E-state index contributed by atoms with van der Waals surface area (Å²) in [4.78, 5) is 2.47. The van der Waals surface area contributed by atoms with Gasteiger partial charge in [0.05, 0.1) is 0 Å². The van der Waals surface area contributed by atoms with Crippen molar-refractivity contribution >= 4 is 0 Å². The van der Waals surface area contributed by atoms with Crippen molar-refractivity contribution in [2.24, 2.45) is 0 Å². The van der Waals surface area contributed by atoms with Gasteiger partial charge in [0.1, 0.15) is 0 Å². The van der Waals surface area contributed by atoms with Gasteiger partial charge in [0.25, 0.3) is 0 Å². The summed E-state index contributed by atoms with van der Waals surface area (Å²) >= 11 is 0. The summed E-state index contributed by atoms with van der Waals surface area (Å²) in [5.74, 6) is 0. The Bertz CT molecular complexity index is 500. The van der Waals surface area contributed by atoms with Crippen molar-refractivity contribution in [1.29, 1.82) is 0 Å². The summed E-state index contributed by atoms with van der Waals surface area (Å²) in [6.07, 6.45) is 7.69. The number of fused-ring (bicyclic) bond motifs is 1. The van der Waals surface area contributed by atoms with Crippen LogP contribution in [0.15, 0.2) is 30.0 Å². The third kappa shape index (κ3) is 1.60. The van der Waals surface area contributed by atoms with Crippen LogP contribution in [-0.4, -0.2) is 18.5 Å². The summed E-state index contributed by atoms with van der Waals surface area (Å²) in [7, 11) is 2.25. The molecule has 1 saturated heterocycles. The quantitative estimate of drug-likeness (QED) is 0.719. The average molecular weight is 241 g/mol. The summed E-state index contributed by atoms with van der Waals surface area (Å²) in [6, 6.07) is 7.08. The molecule has 0 bridgehead atoms. The Hall–Kier alpha value is -1.24. The molecule has 0 N–H and O–H groups in total. The molecular weight excluding hydrogens is 218 g/mol. The second kappa shape index (κ2) is 4.15. The predicted molar refractivity (Wildman–Crippen MR) is 76.8 cm³/mol. The van der Waals surface area contributed by atoms with Gasteiger partial charge in [0.2, 0.25) is 0 Å². The van der Waals surface area contributed by atoms with E-state index in [2.05, 4.69) is 50.1 Å². The first-order valence-corrected chi connectivity index (χ1v) is 7.13. The first-order valence-electron chi connectivity index (χ1n) is 7.13. The van der Waals surface area contributed by atoms with Crippen molar-refractivity contribution in [1.82, 2.24) is 4.90 Å². The standard InChI is InChI=1S/C17H23N/c1-13-7-8-15(12-14(13)2)17-9-5-4-6-16(17)18(3)11-10-17/h6-8,12H,4-5,9-11H2,1-3H3. The molecule has 1 heteroatoms. The molecule has 0 amide bonds. The molecule has 1 atom stereocenters. The number of benzene rings is 1. The number of allylic oxidation sites excluding steroid dienone is 2. The van der Waals surface area contributed by atoms with E-state index in [-0.39, 0.29) is 0 Å². The second-order valence-electron chi connectivity index (χ2n) is 6.03. The summed E-state index contributed by atoms with van der Waals surface area (Å²) < 4.78 is 0. The zero-order valence-corrected chi connectivity index (χ0v) is 11.8. The van der Waals surface area contributed by atoms with Crippen molar-refractivity contribution in [3.63, 3.8) is 0 Å². The lowest BCUT2D eigenvalue weighted by molar-refractivity contribution is 0.411. The molecular formula is C17H23N. The van der Waals surface area contributed by atoms with Gasteiger partial charge in [-0.3, -0.25) is 0 Å². The fourth-order valence-electron chi connectivity index (χ4n) is 3.69. The minimum absolute atomic E-state index is 0.325. The number of nitrogens with zero attached hydrogens (tertiary/aromatic N) is 1. The molecule has 1 aliphatic heterocycles. The molecule has 0 saturated carbocycles. The highest BCUT2D eigenvalue weighted by molar-refractivity contribution is 5.43. The topological polar surface area (TPSA) is 3.24 Å². The molecule has 96 valence electrons. The fourth-order valence-corrected chi connectivity index (χ4v) is 3.69. The van der Waals surface area contributed by atoms with Crippen LogP contribution < -0.4 is 0 Å². The third-order valence-electron chi connectivity index (χ3n) is 4.98. The molecule has 0 radical (unpaired) electrons. The number of hydrogen-bond donors (Lipinski definition) is 0. The SMILES string of the molecule is Cc1ccc(C23CCCC=C2N(C)CC3)cc1C. The molecule has 3 rings (SSSR count). The van der Waals surface area contributed by atoms with Gasteiger partial charge in [-0.15, -0.1) is 0 Å². The lowest BCUT2D eigenvalue weighted by Crippen LogP contribution is -2.30. The number of hydrogen-bond acceptors (Lipinski definition) is 1. The molecule has 0 spiro atoms. The van der Waals surface area contributed by atoms with Gasteiger partial charge in [-0.1, -0.05) is 24.3 Å². The smallest absolute Gasteiger partial charge is 0.0365 e. The monoisotopic (exact) mass is 241 g/mol. The minimum atomic E-state index is 0.325. The fraction of sp³-hybridized carbons (Fsp3) is 0.529. The summed E-state index contributed by atoms with van der Waals surface area (Å²) in [5, 5.41) is 0. The Balaban J connectivity index is 2.10. The third-order valence-corrected chi connectivity index (χ3v) is 4.98. The molecule has 1 fully saturated rings. The highest BCUT2D eigenvalue weighted by Gasteiger charge is 2.43.